The quantitative estimate of drug-likeness (QED) is 0.673. The summed E-state index contributed by atoms with van der Waals surface area (Å²) in [6, 6.07) is 21.3. The van der Waals surface area contributed by atoms with Crippen LogP contribution in [0.2, 0.25) is 0 Å². The molecule has 3 aromatic rings. The Labute approximate surface area is 186 Å². The van der Waals surface area contributed by atoms with Crippen LogP contribution < -0.4 is 5.73 Å². The van der Waals surface area contributed by atoms with E-state index in [0.29, 0.717) is 17.8 Å². The van der Waals surface area contributed by atoms with Crippen LogP contribution in [0.4, 0.5) is 0 Å². The predicted octanol–water partition coefficient (Wildman–Crippen LogP) is 3.47. The number of amidine groups is 1. The molecule has 160 valence electrons. The van der Waals surface area contributed by atoms with Crippen LogP contribution >= 0.6 is 0 Å². The Morgan fingerprint density at radius 1 is 1.00 bits per heavy atom. The number of rotatable bonds is 4. The summed E-state index contributed by atoms with van der Waals surface area (Å²) in [6.45, 7) is 1.04. The van der Waals surface area contributed by atoms with Crippen molar-refractivity contribution in [2.75, 3.05) is 13.2 Å². The Balaban J connectivity index is 1.39. The number of aliphatic imine (C=N–C) groups is 2. The third kappa shape index (κ3) is 3.15. The number of benzene rings is 2. The summed E-state index contributed by atoms with van der Waals surface area (Å²) in [6.07, 6.45) is 3.49. The second-order valence-corrected chi connectivity index (χ2v) is 8.86. The van der Waals surface area contributed by atoms with Crippen LogP contribution in [0.1, 0.15) is 18.4 Å². The normalized spacial score (nSPS) is 25.0. The van der Waals surface area contributed by atoms with Crippen LogP contribution in [0.3, 0.4) is 0 Å². The topological polar surface area (TPSA) is 87.1 Å². The first-order valence-electron chi connectivity index (χ1n) is 11.1. The average Bonchev–Trinajstić information content (AvgIpc) is 3.19. The predicted molar refractivity (Wildman–Crippen MR) is 128 cm³/mol. The van der Waals surface area contributed by atoms with E-state index in [2.05, 4.69) is 57.3 Å². The molecule has 2 aliphatic heterocycles. The molecule has 1 fully saturated rings. The van der Waals surface area contributed by atoms with Gasteiger partial charge in [-0.2, -0.15) is 0 Å². The fourth-order valence-corrected chi connectivity index (χ4v) is 5.12. The summed E-state index contributed by atoms with van der Waals surface area (Å²) < 4.78 is 0. The lowest BCUT2D eigenvalue weighted by molar-refractivity contribution is 0.0441. The molecule has 3 aliphatic rings. The molecule has 6 heteroatoms. The van der Waals surface area contributed by atoms with Gasteiger partial charge in [0.25, 0.3) is 0 Å². The molecule has 0 bridgehead atoms. The molecule has 2 aromatic carbocycles. The molecule has 1 unspecified atom stereocenters. The number of aromatic nitrogens is 1. The Morgan fingerprint density at radius 2 is 1.81 bits per heavy atom. The molecule has 32 heavy (non-hydrogen) atoms. The zero-order valence-electron chi connectivity index (χ0n) is 17.7. The van der Waals surface area contributed by atoms with Crippen molar-refractivity contribution >= 4 is 28.7 Å². The fourth-order valence-electron chi connectivity index (χ4n) is 5.12. The second-order valence-electron chi connectivity index (χ2n) is 8.86. The van der Waals surface area contributed by atoms with Gasteiger partial charge in [0.15, 0.2) is 0 Å². The number of hydrogen-bond acceptors (Lipinski definition) is 6. The van der Waals surface area contributed by atoms with E-state index < -0.39 is 0 Å². The lowest BCUT2D eigenvalue weighted by atomic mass is 9.80. The van der Waals surface area contributed by atoms with E-state index in [1.807, 2.05) is 18.2 Å². The summed E-state index contributed by atoms with van der Waals surface area (Å²) in [5.41, 5.74) is 12.7. The van der Waals surface area contributed by atoms with Crippen LogP contribution in [0.5, 0.6) is 0 Å². The van der Waals surface area contributed by atoms with E-state index in [1.54, 1.807) is 6.34 Å². The Morgan fingerprint density at radius 3 is 2.62 bits per heavy atom. The molecule has 0 saturated heterocycles. The van der Waals surface area contributed by atoms with Gasteiger partial charge in [0.2, 0.25) is 0 Å². The Kier molecular flexibility index (Phi) is 4.63. The van der Waals surface area contributed by atoms with Crippen LogP contribution in [-0.2, 0) is 0 Å². The van der Waals surface area contributed by atoms with Crippen molar-refractivity contribution in [1.82, 2.24) is 9.88 Å². The first-order valence-corrected chi connectivity index (χ1v) is 11.1. The van der Waals surface area contributed by atoms with Crippen LogP contribution in [-0.4, -0.2) is 52.5 Å². The third-order valence-electron chi connectivity index (χ3n) is 6.97. The number of aliphatic hydroxyl groups is 1. The molecular weight excluding hydrogens is 398 g/mol. The van der Waals surface area contributed by atoms with Crippen molar-refractivity contribution in [2.45, 2.75) is 25.0 Å². The maximum Gasteiger partial charge on any atom is 0.134 e. The lowest BCUT2D eigenvalue weighted by Crippen LogP contribution is -2.49. The van der Waals surface area contributed by atoms with Crippen molar-refractivity contribution in [3.05, 3.63) is 71.8 Å². The SMILES string of the molecule is NC1=NC=NC2C1=C(c1ccc3ccc(-c4ccccc4)nc3c1)CN2C1CC(CO)C1. The van der Waals surface area contributed by atoms with Crippen molar-refractivity contribution < 1.29 is 5.11 Å². The average molecular weight is 424 g/mol. The molecule has 3 N–H and O–H groups in total. The third-order valence-corrected chi connectivity index (χ3v) is 6.97. The standard InChI is InChI=1S/C26H25N5O/c27-25-24-21(13-31(26(24)29-15-28-25)20-10-16(11-20)14-32)19-7-6-18-8-9-22(30-23(18)12-19)17-4-2-1-3-5-17/h1-9,12,15-16,20,26,32H,10-11,13-14H2,(H2,27,28,29). The van der Waals surface area contributed by atoms with Crippen molar-refractivity contribution in [1.29, 1.82) is 0 Å². The summed E-state index contributed by atoms with van der Waals surface area (Å²) >= 11 is 0. The molecule has 1 saturated carbocycles. The molecular formula is C26H25N5O. The first-order chi connectivity index (χ1) is 15.7. The maximum absolute atomic E-state index is 9.45. The number of nitrogens with zero attached hydrogens (tertiary/aromatic N) is 4. The summed E-state index contributed by atoms with van der Waals surface area (Å²) in [4.78, 5) is 16.3. The molecule has 3 heterocycles. The molecule has 1 aliphatic carbocycles. The van der Waals surface area contributed by atoms with E-state index in [9.17, 15) is 5.11 Å². The molecule has 0 radical (unpaired) electrons. The minimum atomic E-state index is -0.0912. The highest BCUT2D eigenvalue weighted by Crippen LogP contribution is 2.41. The van der Waals surface area contributed by atoms with Crippen LogP contribution in [0.25, 0.3) is 27.7 Å². The van der Waals surface area contributed by atoms with E-state index in [0.717, 1.165) is 52.7 Å². The number of aliphatic hydroxyl groups excluding tert-OH is 1. The Bertz CT molecular complexity index is 1270. The monoisotopic (exact) mass is 423 g/mol. The number of fused-ring (bicyclic) bond motifs is 2. The number of pyridine rings is 1. The van der Waals surface area contributed by atoms with Gasteiger partial charge in [-0.25, -0.2) is 15.0 Å². The molecule has 6 rings (SSSR count). The second kappa shape index (κ2) is 7.65. The summed E-state index contributed by atoms with van der Waals surface area (Å²) in [5.74, 6) is 0.944. The molecule has 0 amide bonds. The van der Waals surface area contributed by atoms with Gasteiger partial charge < -0.3 is 10.8 Å². The number of nitrogens with two attached hydrogens (primary N) is 1. The van der Waals surface area contributed by atoms with Gasteiger partial charge in [-0.05, 0) is 42.0 Å². The fraction of sp³-hybridized carbons (Fsp3) is 0.269. The minimum Gasteiger partial charge on any atom is -0.396 e. The van der Waals surface area contributed by atoms with Crippen LogP contribution in [0, 0.1) is 5.92 Å². The van der Waals surface area contributed by atoms with E-state index >= 15 is 0 Å². The highest BCUT2D eigenvalue weighted by atomic mass is 16.3. The number of hydrogen-bond donors (Lipinski definition) is 2. The molecule has 1 atom stereocenters. The van der Waals surface area contributed by atoms with Gasteiger partial charge in [-0.3, -0.25) is 4.90 Å². The molecule has 0 spiro atoms. The van der Waals surface area contributed by atoms with Gasteiger partial charge in [-0.1, -0.05) is 48.5 Å². The van der Waals surface area contributed by atoms with E-state index in [4.69, 9.17) is 10.7 Å². The Hall–Kier alpha value is -3.35. The highest BCUT2D eigenvalue weighted by molar-refractivity contribution is 6.10. The van der Waals surface area contributed by atoms with Gasteiger partial charge in [0.05, 0.1) is 11.2 Å². The van der Waals surface area contributed by atoms with Crippen molar-refractivity contribution in [2.24, 2.45) is 21.6 Å². The van der Waals surface area contributed by atoms with Gasteiger partial charge in [-0.15, -0.1) is 0 Å². The zero-order chi connectivity index (χ0) is 21.7. The van der Waals surface area contributed by atoms with Crippen LogP contribution in [0.15, 0.2) is 76.2 Å². The minimum absolute atomic E-state index is 0.0912. The largest absolute Gasteiger partial charge is 0.396 e. The highest BCUT2D eigenvalue weighted by Gasteiger charge is 2.43. The maximum atomic E-state index is 9.45. The van der Waals surface area contributed by atoms with Gasteiger partial charge in [0.1, 0.15) is 18.3 Å². The zero-order valence-corrected chi connectivity index (χ0v) is 17.7. The summed E-state index contributed by atoms with van der Waals surface area (Å²) in [5, 5.41) is 10.6. The molecule has 1 aromatic heterocycles. The van der Waals surface area contributed by atoms with E-state index in [-0.39, 0.29) is 12.8 Å². The van der Waals surface area contributed by atoms with E-state index in [1.165, 1.54) is 5.57 Å². The van der Waals surface area contributed by atoms with Crippen molar-refractivity contribution in [3.63, 3.8) is 0 Å². The van der Waals surface area contributed by atoms with Gasteiger partial charge >= 0.3 is 0 Å². The lowest BCUT2D eigenvalue weighted by Gasteiger charge is -2.42. The van der Waals surface area contributed by atoms with Gasteiger partial charge in [0, 0.05) is 35.7 Å². The summed E-state index contributed by atoms with van der Waals surface area (Å²) in [7, 11) is 0. The van der Waals surface area contributed by atoms with Crippen molar-refractivity contribution in [3.8, 4) is 11.3 Å². The molecule has 6 nitrogen and oxygen atoms in total. The smallest absolute Gasteiger partial charge is 0.134 e. The first kappa shape index (κ1) is 19.3.